The van der Waals surface area contributed by atoms with Crippen LogP contribution in [0.2, 0.25) is 5.02 Å². The molecular weight excluding hydrogens is 273 g/mol. The van der Waals surface area contributed by atoms with Crippen molar-refractivity contribution in [3.63, 3.8) is 0 Å². The van der Waals surface area contributed by atoms with E-state index in [9.17, 15) is 0 Å². The summed E-state index contributed by atoms with van der Waals surface area (Å²) in [6.45, 7) is 0. The van der Waals surface area contributed by atoms with Crippen LogP contribution in [0.15, 0.2) is 22.7 Å². The summed E-state index contributed by atoms with van der Waals surface area (Å²) in [5.41, 5.74) is 7.30. The lowest BCUT2D eigenvalue weighted by Crippen LogP contribution is -2.10. The summed E-state index contributed by atoms with van der Waals surface area (Å²) >= 11 is 9.35. The molecule has 2 N–H and O–H groups in total. The van der Waals surface area contributed by atoms with E-state index in [1.807, 2.05) is 18.2 Å². The minimum atomic E-state index is 0.152. The van der Waals surface area contributed by atoms with Gasteiger partial charge in [-0.2, -0.15) is 0 Å². The minimum Gasteiger partial charge on any atom is -0.324 e. The van der Waals surface area contributed by atoms with Crippen LogP contribution in [0.25, 0.3) is 0 Å². The molecule has 0 aliphatic heterocycles. The zero-order valence-electron chi connectivity index (χ0n) is 8.55. The molecule has 1 saturated carbocycles. The van der Waals surface area contributed by atoms with Crippen LogP contribution in [-0.2, 0) is 0 Å². The van der Waals surface area contributed by atoms with Gasteiger partial charge < -0.3 is 5.73 Å². The smallest absolute Gasteiger partial charge is 0.0548 e. The molecule has 2 rings (SSSR count). The molecule has 0 spiro atoms. The number of nitrogens with two attached hydrogens (primary N) is 1. The van der Waals surface area contributed by atoms with Crippen molar-refractivity contribution >= 4 is 27.5 Å². The van der Waals surface area contributed by atoms with E-state index in [1.165, 1.54) is 24.8 Å². The molecule has 1 nitrogen and oxygen atoms in total. The monoisotopic (exact) mass is 287 g/mol. The quantitative estimate of drug-likeness (QED) is 0.878. The van der Waals surface area contributed by atoms with Crippen LogP contribution in [0.1, 0.15) is 37.3 Å². The van der Waals surface area contributed by atoms with E-state index in [2.05, 4.69) is 15.9 Å². The summed E-state index contributed by atoms with van der Waals surface area (Å²) in [5.74, 6) is 0.951. The second-order valence-corrected chi connectivity index (χ2v) is 5.56. The van der Waals surface area contributed by atoms with Crippen LogP contribution in [0, 0.1) is 5.92 Å². The van der Waals surface area contributed by atoms with Gasteiger partial charge in [0, 0.05) is 10.5 Å². The lowest BCUT2D eigenvalue weighted by Gasteiger charge is -2.12. The molecule has 1 aromatic carbocycles. The molecule has 1 atom stereocenters. The molecule has 1 aliphatic rings. The Morgan fingerprint density at radius 1 is 1.47 bits per heavy atom. The summed E-state index contributed by atoms with van der Waals surface area (Å²) < 4.78 is 0.934. The van der Waals surface area contributed by atoms with Gasteiger partial charge in [0.25, 0.3) is 0 Å². The van der Waals surface area contributed by atoms with E-state index in [4.69, 9.17) is 17.3 Å². The van der Waals surface area contributed by atoms with Gasteiger partial charge in [-0.15, -0.1) is 0 Å². The van der Waals surface area contributed by atoms with Crippen molar-refractivity contribution in [3.8, 4) is 0 Å². The van der Waals surface area contributed by atoms with Crippen molar-refractivity contribution in [1.82, 2.24) is 0 Å². The van der Waals surface area contributed by atoms with Gasteiger partial charge in [-0.05, 0) is 52.4 Å². The first-order valence-corrected chi connectivity index (χ1v) is 6.54. The summed E-state index contributed by atoms with van der Waals surface area (Å²) in [5, 5.41) is 0.744. The first kappa shape index (κ1) is 11.4. The molecule has 1 unspecified atom stereocenters. The van der Waals surface area contributed by atoms with E-state index < -0.39 is 0 Å². The predicted molar refractivity (Wildman–Crippen MR) is 68.0 cm³/mol. The lowest BCUT2D eigenvalue weighted by atomic mass is 10.0. The van der Waals surface area contributed by atoms with Crippen molar-refractivity contribution in [2.75, 3.05) is 0 Å². The largest absolute Gasteiger partial charge is 0.324 e. The Bertz CT molecular complexity index is 349. The molecule has 0 bridgehead atoms. The summed E-state index contributed by atoms with van der Waals surface area (Å²) in [6.07, 6.45) is 5.15. The second kappa shape index (κ2) is 4.86. The predicted octanol–water partition coefficient (Wildman–Crippen LogP) is 4.29. The zero-order valence-corrected chi connectivity index (χ0v) is 10.9. The first-order valence-electron chi connectivity index (χ1n) is 5.37. The molecule has 0 saturated heterocycles. The maximum Gasteiger partial charge on any atom is 0.0548 e. The van der Waals surface area contributed by atoms with Crippen molar-refractivity contribution in [2.24, 2.45) is 11.7 Å². The standard InChI is InChI=1S/C12H15BrClN/c13-10-7-9(4-5-11(10)14)12(15)6-3-8-1-2-8/h4-5,7-8,12H,1-3,6,15H2. The molecule has 1 aliphatic carbocycles. The Labute approximate surface area is 104 Å². The fourth-order valence-corrected chi connectivity index (χ4v) is 2.25. The maximum absolute atomic E-state index is 6.13. The molecule has 15 heavy (non-hydrogen) atoms. The molecule has 1 aromatic rings. The average Bonchev–Trinajstić information content (AvgIpc) is 3.02. The third kappa shape index (κ3) is 3.20. The van der Waals surface area contributed by atoms with Gasteiger partial charge in [-0.25, -0.2) is 0 Å². The molecule has 1 fully saturated rings. The Morgan fingerprint density at radius 3 is 2.80 bits per heavy atom. The van der Waals surface area contributed by atoms with Crippen LogP contribution in [0.5, 0.6) is 0 Å². The van der Waals surface area contributed by atoms with E-state index in [0.717, 1.165) is 21.8 Å². The van der Waals surface area contributed by atoms with Gasteiger partial charge in [0.05, 0.1) is 5.02 Å². The Balaban J connectivity index is 1.97. The number of hydrogen-bond donors (Lipinski definition) is 1. The summed E-state index contributed by atoms with van der Waals surface area (Å²) in [7, 11) is 0. The zero-order chi connectivity index (χ0) is 10.8. The third-order valence-corrected chi connectivity index (χ3v) is 4.17. The van der Waals surface area contributed by atoms with Crippen LogP contribution >= 0.6 is 27.5 Å². The van der Waals surface area contributed by atoms with Crippen LogP contribution in [0.3, 0.4) is 0 Å². The molecule has 3 heteroatoms. The van der Waals surface area contributed by atoms with Crippen molar-refractivity contribution < 1.29 is 0 Å². The minimum absolute atomic E-state index is 0.152. The summed E-state index contributed by atoms with van der Waals surface area (Å²) in [6, 6.07) is 6.10. The SMILES string of the molecule is NC(CCC1CC1)c1ccc(Cl)c(Br)c1. The van der Waals surface area contributed by atoms with Gasteiger partial charge in [0.2, 0.25) is 0 Å². The van der Waals surface area contributed by atoms with Gasteiger partial charge >= 0.3 is 0 Å². The molecule has 0 radical (unpaired) electrons. The first-order chi connectivity index (χ1) is 7.16. The number of hydrogen-bond acceptors (Lipinski definition) is 1. The second-order valence-electron chi connectivity index (χ2n) is 4.30. The highest BCUT2D eigenvalue weighted by atomic mass is 79.9. The number of halogens is 2. The van der Waals surface area contributed by atoms with Gasteiger partial charge in [-0.3, -0.25) is 0 Å². The van der Waals surface area contributed by atoms with E-state index >= 15 is 0 Å². The number of benzene rings is 1. The van der Waals surface area contributed by atoms with Crippen LogP contribution < -0.4 is 5.73 Å². The molecule has 0 amide bonds. The average molecular weight is 289 g/mol. The highest BCUT2D eigenvalue weighted by molar-refractivity contribution is 9.10. The fourth-order valence-electron chi connectivity index (χ4n) is 1.73. The van der Waals surface area contributed by atoms with Gasteiger partial charge in [0.1, 0.15) is 0 Å². The fraction of sp³-hybridized carbons (Fsp3) is 0.500. The Morgan fingerprint density at radius 2 is 2.20 bits per heavy atom. The number of rotatable bonds is 4. The van der Waals surface area contributed by atoms with Crippen LogP contribution in [-0.4, -0.2) is 0 Å². The van der Waals surface area contributed by atoms with Crippen molar-refractivity contribution in [1.29, 1.82) is 0 Å². The lowest BCUT2D eigenvalue weighted by molar-refractivity contribution is 0.575. The molecule has 0 aromatic heterocycles. The topological polar surface area (TPSA) is 26.0 Å². The van der Waals surface area contributed by atoms with Crippen LogP contribution in [0.4, 0.5) is 0 Å². The molecule has 82 valence electrons. The summed E-state index contributed by atoms with van der Waals surface area (Å²) in [4.78, 5) is 0. The van der Waals surface area contributed by atoms with E-state index in [0.29, 0.717) is 0 Å². The third-order valence-electron chi connectivity index (χ3n) is 2.95. The van der Waals surface area contributed by atoms with E-state index in [-0.39, 0.29) is 6.04 Å². The van der Waals surface area contributed by atoms with E-state index in [1.54, 1.807) is 0 Å². The Kier molecular flexibility index (Phi) is 3.70. The molecular formula is C12H15BrClN. The van der Waals surface area contributed by atoms with Crippen molar-refractivity contribution in [2.45, 2.75) is 31.7 Å². The molecule has 0 heterocycles. The van der Waals surface area contributed by atoms with Gasteiger partial charge in [-0.1, -0.05) is 30.5 Å². The van der Waals surface area contributed by atoms with Crippen molar-refractivity contribution in [3.05, 3.63) is 33.3 Å². The highest BCUT2D eigenvalue weighted by Gasteiger charge is 2.22. The highest BCUT2D eigenvalue weighted by Crippen LogP contribution is 2.36. The maximum atomic E-state index is 6.13. The van der Waals surface area contributed by atoms with Gasteiger partial charge in [0.15, 0.2) is 0 Å². The normalized spacial score (nSPS) is 17.8. The Hall–Kier alpha value is -0.0500.